The second-order valence-electron chi connectivity index (χ2n) is 5.83. The van der Waals surface area contributed by atoms with E-state index >= 15 is 0 Å². The fraction of sp³-hybridized carbons (Fsp3) is 0.929. The SMILES string of the molecule is COC(=O)CN1CCC(C2CCN(C)CC2)CC1. The van der Waals surface area contributed by atoms with Crippen molar-refractivity contribution in [3.05, 3.63) is 0 Å². The third-order valence-electron chi connectivity index (χ3n) is 4.64. The van der Waals surface area contributed by atoms with Crippen LogP contribution >= 0.6 is 0 Å². The highest BCUT2D eigenvalue weighted by Gasteiger charge is 2.29. The Morgan fingerprint density at radius 2 is 1.56 bits per heavy atom. The fourth-order valence-corrected chi connectivity index (χ4v) is 3.33. The summed E-state index contributed by atoms with van der Waals surface area (Å²) in [6, 6.07) is 0. The van der Waals surface area contributed by atoms with Crippen molar-refractivity contribution in [3.8, 4) is 0 Å². The summed E-state index contributed by atoms with van der Waals surface area (Å²) in [6.07, 6.45) is 5.23. The lowest BCUT2D eigenvalue weighted by molar-refractivity contribution is -0.142. The molecule has 0 aromatic rings. The third-order valence-corrected chi connectivity index (χ3v) is 4.64. The number of hydrogen-bond donors (Lipinski definition) is 0. The molecule has 2 heterocycles. The lowest BCUT2D eigenvalue weighted by Gasteiger charge is -2.39. The molecule has 2 aliphatic rings. The summed E-state index contributed by atoms with van der Waals surface area (Å²) in [6.45, 7) is 5.11. The van der Waals surface area contributed by atoms with Gasteiger partial charge in [0.05, 0.1) is 13.7 Å². The molecule has 0 aromatic heterocycles. The average Bonchev–Trinajstić information content (AvgIpc) is 2.40. The lowest BCUT2D eigenvalue weighted by atomic mass is 9.79. The molecule has 0 amide bonds. The van der Waals surface area contributed by atoms with Gasteiger partial charge in [0, 0.05) is 0 Å². The Morgan fingerprint density at radius 3 is 2.06 bits per heavy atom. The average molecular weight is 254 g/mol. The fourth-order valence-electron chi connectivity index (χ4n) is 3.33. The summed E-state index contributed by atoms with van der Waals surface area (Å²) >= 11 is 0. The summed E-state index contributed by atoms with van der Waals surface area (Å²) in [5.41, 5.74) is 0. The minimum atomic E-state index is -0.104. The van der Waals surface area contributed by atoms with Gasteiger partial charge < -0.3 is 9.64 Å². The number of ether oxygens (including phenoxy) is 1. The Bertz CT molecular complexity index is 267. The number of esters is 1. The van der Waals surface area contributed by atoms with Gasteiger partial charge in [0.25, 0.3) is 0 Å². The number of hydrogen-bond acceptors (Lipinski definition) is 4. The van der Waals surface area contributed by atoms with Gasteiger partial charge in [-0.05, 0) is 70.7 Å². The molecule has 4 nitrogen and oxygen atoms in total. The van der Waals surface area contributed by atoms with E-state index < -0.39 is 0 Å². The summed E-state index contributed by atoms with van der Waals surface area (Å²) in [5.74, 6) is 1.70. The minimum absolute atomic E-state index is 0.104. The molecule has 0 N–H and O–H groups in total. The van der Waals surface area contributed by atoms with Gasteiger partial charge in [0.2, 0.25) is 0 Å². The smallest absolute Gasteiger partial charge is 0.319 e. The van der Waals surface area contributed by atoms with Crippen LogP contribution in [0.25, 0.3) is 0 Å². The van der Waals surface area contributed by atoms with Gasteiger partial charge in [-0.3, -0.25) is 9.69 Å². The Labute approximate surface area is 110 Å². The molecule has 0 spiro atoms. The maximum absolute atomic E-state index is 11.2. The van der Waals surface area contributed by atoms with Gasteiger partial charge in [-0.25, -0.2) is 0 Å². The molecule has 18 heavy (non-hydrogen) atoms. The maximum Gasteiger partial charge on any atom is 0.319 e. The zero-order chi connectivity index (χ0) is 13.0. The van der Waals surface area contributed by atoms with Crippen LogP contribution in [0.1, 0.15) is 25.7 Å². The topological polar surface area (TPSA) is 32.8 Å². The molecular formula is C14H26N2O2. The Kier molecular flexibility index (Phi) is 5.01. The third kappa shape index (κ3) is 3.69. The number of piperidine rings is 2. The van der Waals surface area contributed by atoms with E-state index in [0.717, 1.165) is 24.9 Å². The van der Waals surface area contributed by atoms with Crippen LogP contribution in [-0.2, 0) is 9.53 Å². The Morgan fingerprint density at radius 1 is 1.06 bits per heavy atom. The quantitative estimate of drug-likeness (QED) is 0.709. The first-order valence-electron chi connectivity index (χ1n) is 7.16. The molecule has 0 aromatic carbocycles. The molecule has 4 heteroatoms. The molecule has 0 aliphatic carbocycles. The first kappa shape index (κ1) is 13.8. The monoisotopic (exact) mass is 254 g/mol. The van der Waals surface area contributed by atoms with Crippen molar-refractivity contribution >= 4 is 5.97 Å². The van der Waals surface area contributed by atoms with E-state index in [4.69, 9.17) is 4.74 Å². The summed E-state index contributed by atoms with van der Waals surface area (Å²) < 4.78 is 4.72. The van der Waals surface area contributed by atoms with E-state index in [-0.39, 0.29) is 5.97 Å². The molecule has 0 atom stereocenters. The van der Waals surface area contributed by atoms with E-state index in [2.05, 4.69) is 16.8 Å². The highest BCUT2D eigenvalue weighted by atomic mass is 16.5. The van der Waals surface area contributed by atoms with E-state index in [1.165, 1.54) is 45.9 Å². The second kappa shape index (κ2) is 6.53. The summed E-state index contributed by atoms with van der Waals surface area (Å²) in [7, 11) is 3.68. The predicted molar refractivity (Wildman–Crippen MR) is 71.4 cm³/mol. The molecule has 2 rings (SSSR count). The molecule has 2 saturated heterocycles. The molecule has 0 bridgehead atoms. The van der Waals surface area contributed by atoms with Crippen molar-refractivity contribution in [2.75, 3.05) is 46.9 Å². The molecule has 2 fully saturated rings. The number of likely N-dealkylation sites (tertiary alicyclic amines) is 2. The highest BCUT2D eigenvalue weighted by Crippen LogP contribution is 2.31. The number of nitrogens with zero attached hydrogens (tertiary/aromatic N) is 2. The Balaban J connectivity index is 1.71. The highest BCUT2D eigenvalue weighted by molar-refractivity contribution is 5.71. The van der Waals surface area contributed by atoms with Gasteiger partial charge >= 0.3 is 5.97 Å². The first-order valence-corrected chi connectivity index (χ1v) is 7.16. The van der Waals surface area contributed by atoms with Crippen LogP contribution < -0.4 is 0 Å². The zero-order valence-electron chi connectivity index (χ0n) is 11.7. The van der Waals surface area contributed by atoms with Gasteiger partial charge in [-0.2, -0.15) is 0 Å². The van der Waals surface area contributed by atoms with Crippen LogP contribution in [0.4, 0.5) is 0 Å². The van der Waals surface area contributed by atoms with Crippen molar-refractivity contribution in [2.24, 2.45) is 11.8 Å². The van der Waals surface area contributed by atoms with Crippen LogP contribution in [-0.4, -0.2) is 62.7 Å². The molecule has 2 aliphatic heterocycles. The van der Waals surface area contributed by atoms with Gasteiger partial charge in [0.1, 0.15) is 0 Å². The van der Waals surface area contributed by atoms with E-state index in [1.54, 1.807) is 0 Å². The summed E-state index contributed by atoms with van der Waals surface area (Å²) in [4.78, 5) is 15.9. The first-order chi connectivity index (χ1) is 8.69. The van der Waals surface area contributed by atoms with Crippen molar-refractivity contribution in [1.29, 1.82) is 0 Å². The van der Waals surface area contributed by atoms with Gasteiger partial charge in [0.15, 0.2) is 0 Å². The Hall–Kier alpha value is -0.610. The van der Waals surface area contributed by atoms with Crippen LogP contribution in [0, 0.1) is 11.8 Å². The van der Waals surface area contributed by atoms with Crippen molar-refractivity contribution < 1.29 is 9.53 Å². The van der Waals surface area contributed by atoms with Gasteiger partial charge in [-0.1, -0.05) is 0 Å². The minimum Gasteiger partial charge on any atom is -0.468 e. The largest absolute Gasteiger partial charge is 0.468 e. The number of rotatable bonds is 3. The number of carbonyl (C=O) groups excluding carboxylic acids is 1. The van der Waals surface area contributed by atoms with Crippen LogP contribution in [0.3, 0.4) is 0 Å². The van der Waals surface area contributed by atoms with Crippen LogP contribution in [0.2, 0.25) is 0 Å². The van der Waals surface area contributed by atoms with Gasteiger partial charge in [-0.15, -0.1) is 0 Å². The van der Waals surface area contributed by atoms with Crippen molar-refractivity contribution in [1.82, 2.24) is 9.80 Å². The van der Waals surface area contributed by atoms with Crippen molar-refractivity contribution in [3.63, 3.8) is 0 Å². The molecule has 104 valence electrons. The maximum atomic E-state index is 11.2. The van der Waals surface area contributed by atoms with Crippen molar-refractivity contribution in [2.45, 2.75) is 25.7 Å². The normalized spacial score (nSPS) is 25.2. The standard InChI is InChI=1S/C14H26N2O2/c1-15-7-3-12(4-8-15)13-5-9-16(10-6-13)11-14(17)18-2/h12-13H,3-11H2,1-2H3. The summed E-state index contributed by atoms with van der Waals surface area (Å²) in [5, 5.41) is 0. The predicted octanol–water partition coefficient (Wildman–Crippen LogP) is 1.21. The van der Waals surface area contributed by atoms with Crippen LogP contribution in [0.15, 0.2) is 0 Å². The second-order valence-corrected chi connectivity index (χ2v) is 5.83. The molecule has 0 unspecified atom stereocenters. The van der Waals surface area contributed by atoms with E-state index in [1.807, 2.05) is 0 Å². The molecular weight excluding hydrogens is 228 g/mol. The van der Waals surface area contributed by atoms with Crippen LogP contribution in [0.5, 0.6) is 0 Å². The zero-order valence-corrected chi connectivity index (χ0v) is 11.7. The number of carbonyl (C=O) groups is 1. The van der Waals surface area contributed by atoms with E-state index in [0.29, 0.717) is 6.54 Å². The lowest BCUT2D eigenvalue weighted by Crippen LogP contribution is -2.41. The molecule has 0 radical (unpaired) electrons. The number of methoxy groups -OCH3 is 1. The van der Waals surface area contributed by atoms with E-state index in [9.17, 15) is 4.79 Å². The molecule has 0 saturated carbocycles.